The van der Waals surface area contributed by atoms with Crippen molar-refractivity contribution in [3.63, 3.8) is 0 Å². The third kappa shape index (κ3) is 2.84. The summed E-state index contributed by atoms with van der Waals surface area (Å²) in [7, 11) is 1.69. The number of rotatable bonds is 4. The van der Waals surface area contributed by atoms with E-state index in [0.717, 1.165) is 12.2 Å². The van der Waals surface area contributed by atoms with Crippen molar-refractivity contribution in [1.29, 1.82) is 0 Å². The molecule has 1 unspecified atom stereocenters. The van der Waals surface area contributed by atoms with Gasteiger partial charge < -0.3 is 4.74 Å². The lowest BCUT2D eigenvalue weighted by atomic mass is 10.1. The first kappa shape index (κ1) is 10.8. The molecular weight excluding hydrogens is 277 g/mol. The molecule has 0 aliphatic heterocycles. The summed E-state index contributed by atoms with van der Waals surface area (Å²) in [6.07, 6.45) is 1.08. The van der Waals surface area contributed by atoms with Crippen LogP contribution in [-0.2, 0) is 0 Å². The van der Waals surface area contributed by atoms with E-state index >= 15 is 0 Å². The molecule has 1 N–H and O–H groups in total. The van der Waals surface area contributed by atoms with E-state index in [0.29, 0.717) is 6.04 Å². The lowest BCUT2D eigenvalue weighted by Gasteiger charge is -2.13. The highest BCUT2D eigenvalue weighted by Gasteiger charge is 2.06. The monoisotopic (exact) mass is 291 g/mol. The third-order valence-corrected chi connectivity index (χ3v) is 2.79. The smallest absolute Gasteiger partial charge is 0.119 e. The highest BCUT2D eigenvalue weighted by atomic mass is 127. The fourth-order valence-corrected chi connectivity index (χ4v) is 2.03. The Morgan fingerprint density at radius 1 is 1.54 bits per heavy atom. The summed E-state index contributed by atoms with van der Waals surface area (Å²) < 4.78 is 8.40. The standard InChI is InChI=1S/C10H14INO/c1-3-10(12-11)8-5-4-6-9(7-8)13-2/h4-7,10,12H,3H2,1-2H3. The van der Waals surface area contributed by atoms with Gasteiger partial charge in [-0.05, 0) is 24.1 Å². The molecule has 0 fully saturated rings. The molecule has 2 nitrogen and oxygen atoms in total. The van der Waals surface area contributed by atoms with Crippen LogP contribution in [0.3, 0.4) is 0 Å². The zero-order valence-corrected chi connectivity index (χ0v) is 10.0. The van der Waals surface area contributed by atoms with Gasteiger partial charge in [0, 0.05) is 28.9 Å². The van der Waals surface area contributed by atoms with Crippen LogP contribution in [0.5, 0.6) is 5.75 Å². The van der Waals surface area contributed by atoms with Crippen LogP contribution in [0.2, 0.25) is 0 Å². The Morgan fingerprint density at radius 2 is 2.31 bits per heavy atom. The van der Waals surface area contributed by atoms with E-state index in [-0.39, 0.29) is 0 Å². The van der Waals surface area contributed by atoms with Crippen LogP contribution in [0.4, 0.5) is 0 Å². The Kier molecular flexibility index (Phi) is 4.52. The minimum Gasteiger partial charge on any atom is -0.497 e. The van der Waals surface area contributed by atoms with Crippen molar-refractivity contribution in [2.45, 2.75) is 19.4 Å². The second kappa shape index (κ2) is 5.44. The van der Waals surface area contributed by atoms with E-state index in [1.807, 2.05) is 12.1 Å². The number of hydrogen-bond acceptors (Lipinski definition) is 2. The SMILES string of the molecule is CCC(NI)c1cccc(OC)c1. The maximum Gasteiger partial charge on any atom is 0.119 e. The van der Waals surface area contributed by atoms with Crippen molar-refractivity contribution in [1.82, 2.24) is 3.53 Å². The summed E-state index contributed by atoms with van der Waals surface area (Å²) in [5, 5.41) is 0. The first-order chi connectivity index (χ1) is 6.31. The molecule has 0 heterocycles. The molecule has 0 saturated heterocycles. The third-order valence-electron chi connectivity index (χ3n) is 2.04. The molecule has 0 spiro atoms. The molecule has 0 aliphatic rings. The second-order valence-electron chi connectivity index (χ2n) is 2.85. The molecule has 0 saturated carbocycles. The summed E-state index contributed by atoms with van der Waals surface area (Å²) in [5.74, 6) is 0.919. The maximum atomic E-state index is 5.16. The molecule has 1 atom stereocenters. The molecule has 72 valence electrons. The molecular formula is C10H14INO. The summed E-state index contributed by atoms with van der Waals surface area (Å²) >= 11 is 2.19. The molecule has 13 heavy (non-hydrogen) atoms. The van der Waals surface area contributed by atoms with Crippen molar-refractivity contribution >= 4 is 22.9 Å². The zero-order chi connectivity index (χ0) is 9.68. The Morgan fingerprint density at radius 3 is 2.85 bits per heavy atom. The van der Waals surface area contributed by atoms with E-state index in [1.165, 1.54) is 5.56 Å². The highest BCUT2D eigenvalue weighted by Crippen LogP contribution is 2.21. The highest BCUT2D eigenvalue weighted by molar-refractivity contribution is 14.1. The minimum absolute atomic E-state index is 0.413. The number of methoxy groups -OCH3 is 1. The van der Waals surface area contributed by atoms with Crippen LogP contribution in [0.15, 0.2) is 24.3 Å². The van der Waals surface area contributed by atoms with Crippen LogP contribution in [0, 0.1) is 0 Å². The van der Waals surface area contributed by atoms with Gasteiger partial charge in [-0.2, -0.15) is 0 Å². The van der Waals surface area contributed by atoms with Crippen molar-refractivity contribution in [3.8, 4) is 5.75 Å². The summed E-state index contributed by atoms with van der Waals surface area (Å²) in [6.45, 7) is 2.16. The Bertz CT molecular complexity index is 261. The van der Waals surface area contributed by atoms with E-state index < -0.39 is 0 Å². The summed E-state index contributed by atoms with van der Waals surface area (Å²) in [6, 6.07) is 8.58. The first-order valence-corrected chi connectivity index (χ1v) is 5.39. The Hall–Kier alpha value is -0.290. The van der Waals surface area contributed by atoms with Gasteiger partial charge in [0.2, 0.25) is 0 Å². The molecule has 0 amide bonds. The molecule has 0 radical (unpaired) electrons. The van der Waals surface area contributed by atoms with Crippen molar-refractivity contribution in [2.75, 3.05) is 7.11 Å². The number of benzene rings is 1. The van der Waals surface area contributed by atoms with Gasteiger partial charge in [0.05, 0.1) is 7.11 Å². The number of nitrogens with one attached hydrogen (secondary N) is 1. The molecule has 0 aromatic heterocycles. The fraction of sp³-hybridized carbons (Fsp3) is 0.400. The number of halogens is 1. The Labute approximate surface area is 93.2 Å². The van der Waals surface area contributed by atoms with Gasteiger partial charge in [0.1, 0.15) is 5.75 Å². The first-order valence-electron chi connectivity index (χ1n) is 4.32. The van der Waals surface area contributed by atoms with Gasteiger partial charge in [-0.1, -0.05) is 19.1 Å². The van der Waals surface area contributed by atoms with Crippen LogP contribution in [0.1, 0.15) is 24.9 Å². The van der Waals surface area contributed by atoms with Crippen LogP contribution < -0.4 is 8.27 Å². The Balaban J connectivity index is 2.86. The summed E-state index contributed by atoms with van der Waals surface area (Å²) in [4.78, 5) is 0. The van der Waals surface area contributed by atoms with Gasteiger partial charge in [0.15, 0.2) is 0 Å². The van der Waals surface area contributed by atoms with Gasteiger partial charge >= 0.3 is 0 Å². The topological polar surface area (TPSA) is 21.3 Å². The fourth-order valence-electron chi connectivity index (χ4n) is 1.23. The van der Waals surface area contributed by atoms with Gasteiger partial charge in [-0.3, -0.25) is 3.53 Å². The summed E-state index contributed by atoms with van der Waals surface area (Å²) in [5.41, 5.74) is 1.27. The van der Waals surface area contributed by atoms with Gasteiger partial charge in [-0.25, -0.2) is 0 Å². The normalized spacial score (nSPS) is 12.5. The predicted octanol–water partition coefficient (Wildman–Crippen LogP) is 3.09. The lowest BCUT2D eigenvalue weighted by Crippen LogP contribution is -2.09. The van der Waals surface area contributed by atoms with Crippen molar-refractivity contribution in [3.05, 3.63) is 29.8 Å². The molecule has 0 aliphatic carbocycles. The van der Waals surface area contributed by atoms with E-state index in [2.05, 4.69) is 45.5 Å². The number of ether oxygens (including phenoxy) is 1. The zero-order valence-electron chi connectivity index (χ0n) is 7.88. The van der Waals surface area contributed by atoms with E-state index in [1.54, 1.807) is 7.11 Å². The average Bonchev–Trinajstić information content (AvgIpc) is 2.20. The molecule has 1 aromatic carbocycles. The average molecular weight is 291 g/mol. The van der Waals surface area contributed by atoms with Crippen molar-refractivity contribution in [2.24, 2.45) is 0 Å². The van der Waals surface area contributed by atoms with E-state index in [9.17, 15) is 0 Å². The predicted molar refractivity (Wildman–Crippen MR) is 63.2 cm³/mol. The minimum atomic E-state index is 0.413. The molecule has 0 bridgehead atoms. The number of hydrogen-bond donors (Lipinski definition) is 1. The van der Waals surface area contributed by atoms with Crippen LogP contribution in [0.25, 0.3) is 0 Å². The largest absolute Gasteiger partial charge is 0.497 e. The van der Waals surface area contributed by atoms with Crippen molar-refractivity contribution < 1.29 is 4.74 Å². The quantitative estimate of drug-likeness (QED) is 0.680. The van der Waals surface area contributed by atoms with E-state index in [4.69, 9.17) is 4.74 Å². The maximum absolute atomic E-state index is 5.16. The van der Waals surface area contributed by atoms with Gasteiger partial charge in [0.25, 0.3) is 0 Å². The second-order valence-corrected chi connectivity index (χ2v) is 3.47. The molecule has 1 aromatic rings. The van der Waals surface area contributed by atoms with Crippen LogP contribution >= 0.6 is 22.9 Å². The lowest BCUT2D eigenvalue weighted by molar-refractivity contribution is 0.413. The molecule has 1 rings (SSSR count). The van der Waals surface area contributed by atoms with Crippen LogP contribution in [-0.4, -0.2) is 7.11 Å². The van der Waals surface area contributed by atoms with Gasteiger partial charge in [-0.15, -0.1) is 0 Å². The molecule has 3 heteroatoms.